The van der Waals surface area contributed by atoms with Crippen molar-refractivity contribution < 1.29 is 19.1 Å². The number of benzene rings is 1. The van der Waals surface area contributed by atoms with E-state index in [-0.39, 0.29) is 24.1 Å². The zero-order chi connectivity index (χ0) is 17.8. The first-order valence-electron chi connectivity index (χ1n) is 8.26. The first kappa shape index (κ1) is 17.5. The number of carboxylic acid groups (broad SMARTS) is 1. The highest BCUT2D eigenvalue weighted by molar-refractivity contribution is 7.13. The van der Waals surface area contributed by atoms with E-state index in [0.717, 1.165) is 12.8 Å². The molecule has 1 unspecified atom stereocenters. The molecule has 1 fully saturated rings. The van der Waals surface area contributed by atoms with E-state index in [2.05, 4.69) is 4.98 Å². The topological polar surface area (TPSA) is 70.5 Å². The molecule has 0 saturated carbocycles. The van der Waals surface area contributed by atoms with Gasteiger partial charge in [-0.05, 0) is 37.3 Å². The number of hydrogen-bond donors (Lipinski definition) is 1. The summed E-state index contributed by atoms with van der Waals surface area (Å²) in [6.07, 6.45) is 2.51. The van der Waals surface area contributed by atoms with E-state index in [0.29, 0.717) is 35.8 Å². The van der Waals surface area contributed by atoms with Gasteiger partial charge in [-0.1, -0.05) is 12.1 Å². The summed E-state index contributed by atoms with van der Waals surface area (Å²) in [6, 6.07) is 6.36. The van der Waals surface area contributed by atoms with E-state index in [1.165, 1.54) is 17.4 Å². The number of carbonyl (C=O) groups is 2. The fraction of sp³-hybridized carbons (Fsp3) is 0.389. The third-order valence-corrected chi connectivity index (χ3v) is 5.28. The molecule has 0 bridgehead atoms. The number of carboxylic acids is 1. The molecule has 1 N–H and O–H groups in total. The number of halogens is 1. The van der Waals surface area contributed by atoms with Crippen LogP contribution in [0.15, 0.2) is 29.6 Å². The highest BCUT2D eigenvalue weighted by Crippen LogP contribution is 2.28. The van der Waals surface area contributed by atoms with E-state index in [4.69, 9.17) is 5.11 Å². The first-order chi connectivity index (χ1) is 12.0. The first-order valence-corrected chi connectivity index (χ1v) is 9.14. The summed E-state index contributed by atoms with van der Waals surface area (Å²) < 4.78 is 13.9. The molecule has 1 atom stereocenters. The molecule has 1 aliphatic heterocycles. The Morgan fingerprint density at radius 3 is 2.92 bits per heavy atom. The minimum absolute atomic E-state index is 0.126. The Labute approximate surface area is 149 Å². The van der Waals surface area contributed by atoms with Gasteiger partial charge in [-0.3, -0.25) is 9.59 Å². The molecule has 1 amide bonds. The number of likely N-dealkylation sites (tertiary alicyclic amines) is 1. The molecular formula is C18H19FN2O3S. The van der Waals surface area contributed by atoms with Gasteiger partial charge in [-0.25, -0.2) is 9.37 Å². The van der Waals surface area contributed by atoms with Crippen LogP contribution >= 0.6 is 11.3 Å². The van der Waals surface area contributed by atoms with Crippen LogP contribution in [0.5, 0.6) is 0 Å². The monoisotopic (exact) mass is 362 g/mol. The second-order valence-corrected chi connectivity index (χ2v) is 7.07. The average Bonchev–Trinajstić information content (AvgIpc) is 3.10. The van der Waals surface area contributed by atoms with Gasteiger partial charge < -0.3 is 10.0 Å². The molecule has 0 spiro atoms. The van der Waals surface area contributed by atoms with Crippen molar-refractivity contribution >= 4 is 23.2 Å². The Kier molecular flexibility index (Phi) is 5.43. The van der Waals surface area contributed by atoms with Crippen LogP contribution in [0.25, 0.3) is 10.6 Å². The number of hydrogen-bond acceptors (Lipinski definition) is 4. The highest BCUT2D eigenvalue weighted by Gasteiger charge is 2.26. The van der Waals surface area contributed by atoms with E-state index in [9.17, 15) is 14.0 Å². The normalized spacial score (nSPS) is 17.5. The molecule has 1 aromatic carbocycles. The summed E-state index contributed by atoms with van der Waals surface area (Å²) in [5, 5.41) is 11.0. The summed E-state index contributed by atoms with van der Waals surface area (Å²) >= 11 is 1.25. The van der Waals surface area contributed by atoms with Gasteiger partial charge in [0.15, 0.2) is 0 Å². The van der Waals surface area contributed by atoms with Crippen molar-refractivity contribution in [3.63, 3.8) is 0 Å². The van der Waals surface area contributed by atoms with Crippen LogP contribution in [-0.4, -0.2) is 40.0 Å². The Morgan fingerprint density at radius 1 is 1.36 bits per heavy atom. The fourth-order valence-corrected chi connectivity index (χ4v) is 3.93. The van der Waals surface area contributed by atoms with Crippen LogP contribution in [0.2, 0.25) is 0 Å². The van der Waals surface area contributed by atoms with Crippen molar-refractivity contribution in [2.24, 2.45) is 5.92 Å². The lowest BCUT2D eigenvalue weighted by Gasteiger charge is -2.32. The zero-order valence-corrected chi connectivity index (χ0v) is 14.5. The molecule has 2 aromatic rings. The Bertz CT molecular complexity index is 777. The van der Waals surface area contributed by atoms with Gasteiger partial charge in [-0.2, -0.15) is 0 Å². The number of aromatic nitrogens is 1. The van der Waals surface area contributed by atoms with Gasteiger partial charge in [0.2, 0.25) is 0 Å². The zero-order valence-electron chi connectivity index (χ0n) is 13.7. The Morgan fingerprint density at radius 2 is 2.16 bits per heavy atom. The number of rotatable bonds is 5. The highest BCUT2D eigenvalue weighted by atomic mass is 32.1. The molecule has 1 aliphatic rings. The molecule has 2 heterocycles. The molecule has 0 aliphatic carbocycles. The Balaban J connectivity index is 1.69. The number of aliphatic carboxylic acids is 1. The van der Waals surface area contributed by atoms with E-state index >= 15 is 0 Å². The second-order valence-electron chi connectivity index (χ2n) is 6.21. The number of nitrogens with zero attached hydrogens (tertiary/aromatic N) is 2. The maximum atomic E-state index is 13.9. The van der Waals surface area contributed by atoms with E-state index in [1.54, 1.807) is 28.5 Å². The van der Waals surface area contributed by atoms with Gasteiger partial charge in [0, 0.05) is 30.5 Å². The van der Waals surface area contributed by atoms with Crippen LogP contribution < -0.4 is 0 Å². The quantitative estimate of drug-likeness (QED) is 0.881. The lowest BCUT2D eigenvalue weighted by molar-refractivity contribution is -0.137. The van der Waals surface area contributed by atoms with Crippen molar-refractivity contribution in [3.8, 4) is 10.6 Å². The standard InChI is InChI=1S/C18H19FN2O3S/c19-14-6-2-1-5-13(14)17-20-15(11-25-17)18(24)21-9-3-4-12(10-21)7-8-16(22)23/h1-2,5-6,11-12H,3-4,7-10H2,(H,22,23). The molecule has 3 rings (SSSR count). The Hall–Kier alpha value is -2.28. The fourth-order valence-electron chi connectivity index (χ4n) is 3.11. The number of carbonyl (C=O) groups excluding carboxylic acids is 1. The summed E-state index contributed by atoms with van der Waals surface area (Å²) in [4.78, 5) is 29.4. The molecule has 25 heavy (non-hydrogen) atoms. The molecule has 1 saturated heterocycles. The van der Waals surface area contributed by atoms with Crippen molar-refractivity contribution in [2.45, 2.75) is 25.7 Å². The van der Waals surface area contributed by atoms with Gasteiger partial charge in [0.1, 0.15) is 16.5 Å². The number of amides is 1. The third kappa shape index (κ3) is 4.22. The summed E-state index contributed by atoms with van der Waals surface area (Å²) in [5.74, 6) is -1.13. The van der Waals surface area contributed by atoms with Crippen molar-refractivity contribution in [1.82, 2.24) is 9.88 Å². The molecule has 1 aromatic heterocycles. The van der Waals surface area contributed by atoms with Gasteiger partial charge in [0.25, 0.3) is 5.91 Å². The molecule has 5 nitrogen and oxygen atoms in total. The van der Waals surface area contributed by atoms with Crippen molar-refractivity contribution in [1.29, 1.82) is 0 Å². The van der Waals surface area contributed by atoms with Gasteiger partial charge in [0.05, 0.1) is 0 Å². The van der Waals surface area contributed by atoms with Crippen LogP contribution in [0.1, 0.15) is 36.2 Å². The molecular weight excluding hydrogens is 343 g/mol. The van der Waals surface area contributed by atoms with Crippen LogP contribution in [-0.2, 0) is 4.79 Å². The predicted octanol–water partition coefficient (Wildman–Crippen LogP) is 3.67. The number of thiazole rings is 1. The third-order valence-electron chi connectivity index (χ3n) is 4.40. The van der Waals surface area contributed by atoms with E-state index < -0.39 is 5.97 Å². The minimum Gasteiger partial charge on any atom is -0.481 e. The summed E-state index contributed by atoms with van der Waals surface area (Å²) in [5.41, 5.74) is 0.715. The average molecular weight is 362 g/mol. The molecule has 7 heteroatoms. The lowest BCUT2D eigenvalue weighted by Crippen LogP contribution is -2.40. The van der Waals surface area contributed by atoms with Crippen molar-refractivity contribution in [2.75, 3.05) is 13.1 Å². The smallest absolute Gasteiger partial charge is 0.303 e. The van der Waals surface area contributed by atoms with Crippen molar-refractivity contribution in [3.05, 3.63) is 41.2 Å². The predicted molar refractivity (Wildman–Crippen MR) is 93.0 cm³/mol. The molecule has 132 valence electrons. The van der Waals surface area contributed by atoms with Crippen LogP contribution in [0.3, 0.4) is 0 Å². The maximum absolute atomic E-state index is 13.9. The SMILES string of the molecule is O=C(O)CCC1CCCN(C(=O)c2csc(-c3ccccc3F)n2)C1. The van der Waals surface area contributed by atoms with Gasteiger partial charge in [-0.15, -0.1) is 11.3 Å². The lowest BCUT2D eigenvalue weighted by atomic mass is 9.93. The maximum Gasteiger partial charge on any atom is 0.303 e. The second kappa shape index (κ2) is 7.74. The van der Waals surface area contributed by atoms with Crippen LogP contribution in [0, 0.1) is 11.7 Å². The summed E-state index contributed by atoms with van der Waals surface area (Å²) in [7, 11) is 0. The largest absolute Gasteiger partial charge is 0.481 e. The van der Waals surface area contributed by atoms with Gasteiger partial charge >= 0.3 is 5.97 Å². The summed E-state index contributed by atoms with van der Waals surface area (Å²) in [6.45, 7) is 1.20. The van der Waals surface area contributed by atoms with E-state index in [1.807, 2.05) is 0 Å². The molecule has 0 radical (unpaired) electrons. The van der Waals surface area contributed by atoms with Crippen LogP contribution in [0.4, 0.5) is 4.39 Å². The number of piperidine rings is 1. The minimum atomic E-state index is -0.808.